The standard InChI is InChI=1S/C9H16N2O4S/c10-3-5-11-4-1-9(15-8(11)12)2-6-16(13,14)7-9/h1-7,10H2. The van der Waals surface area contributed by atoms with Crippen molar-refractivity contribution in [3.05, 3.63) is 0 Å². The molecule has 0 aromatic rings. The smallest absolute Gasteiger partial charge is 0.410 e. The van der Waals surface area contributed by atoms with Gasteiger partial charge in [0, 0.05) is 32.5 Å². The highest BCUT2D eigenvalue weighted by Crippen LogP contribution is 2.34. The molecule has 2 rings (SSSR count). The van der Waals surface area contributed by atoms with Crippen molar-refractivity contribution < 1.29 is 17.9 Å². The molecule has 92 valence electrons. The van der Waals surface area contributed by atoms with E-state index in [1.807, 2.05) is 0 Å². The molecule has 0 bridgehead atoms. The molecule has 16 heavy (non-hydrogen) atoms. The topological polar surface area (TPSA) is 89.7 Å². The Bertz CT molecular complexity index is 394. The van der Waals surface area contributed by atoms with E-state index in [1.165, 1.54) is 4.90 Å². The molecule has 2 aliphatic rings. The Morgan fingerprint density at radius 3 is 2.69 bits per heavy atom. The maximum absolute atomic E-state index is 11.6. The van der Waals surface area contributed by atoms with Gasteiger partial charge in [-0.05, 0) is 0 Å². The normalized spacial score (nSPS) is 33.1. The van der Waals surface area contributed by atoms with E-state index in [9.17, 15) is 13.2 Å². The van der Waals surface area contributed by atoms with Gasteiger partial charge in [0.2, 0.25) is 0 Å². The molecular weight excluding hydrogens is 232 g/mol. The Kier molecular flexibility index (Phi) is 2.83. The van der Waals surface area contributed by atoms with Gasteiger partial charge in [-0.1, -0.05) is 0 Å². The van der Waals surface area contributed by atoms with Crippen molar-refractivity contribution in [2.75, 3.05) is 31.1 Å². The summed E-state index contributed by atoms with van der Waals surface area (Å²) in [5.74, 6) is 0.0966. The zero-order valence-corrected chi connectivity index (χ0v) is 9.83. The lowest BCUT2D eigenvalue weighted by atomic mass is 9.97. The van der Waals surface area contributed by atoms with Gasteiger partial charge in [0.25, 0.3) is 0 Å². The number of sulfone groups is 1. The number of nitrogens with zero attached hydrogens (tertiary/aromatic N) is 1. The summed E-state index contributed by atoms with van der Waals surface area (Å²) in [6.07, 6.45) is 0.573. The maximum atomic E-state index is 11.6. The molecule has 0 aromatic heterocycles. The van der Waals surface area contributed by atoms with Crippen molar-refractivity contribution in [1.29, 1.82) is 0 Å². The van der Waals surface area contributed by atoms with Gasteiger partial charge < -0.3 is 15.4 Å². The Hall–Kier alpha value is -0.820. The molecule has 2 saturated heterocycles. The fourth-order valence-electron chi connectivity index (χ4n) is 2.25. The third-order valence-corrected chi connectivity index (χ3v) is 4.94. The molecule has 1 spiro atoms. The average Bonchev–Trinajstić information content (AvgIpc) is 2.48. The van der Waals surface area contributed by atoms with Crippen LogP contribution in [0.3, 0.4) is 0 Å². The number of nitrogens with two attached hydrogens (primary N) is 1. The number of hydrogen-bond donors (Lipinski definition) is 1. The van der Waals surface area contributed by atoms with Crippen LogP contribution in [-0.2, 0) is 14.6 Å². The first-order chi connectivity index (χ1) is 7.46. The number of amides is 1. The monoisotopic (exact) mass is 248 g/mol. The maximum Gasteiger partial charge on any atom is 0.410 e. The fraction of sp³-hybridized carbons (Fsp3) is 0.889. The number of ether oxygens (including phenoxy) is 1. The Labute approximate surface area is 94.6 Å². The molecule has 7 heteroatoms. The van der Waals surface area contributed by atoms with Crippen LogP contribution in [0.2, 0.25) is 0 Å². The molecule has 0 aliphatic carbocycles. The largest absolute Gasteiger partial charge is 0.442 e. The van der Waals surface area contributed by atoms with E-state index in [-0.39, 0.29) is 11.5 Å². The van der Waals surface area contributed by atoms with Gasteiger partial charge in [0.1, 0.15) is 5.60 Å². The van der Waals surface area contributed by atoms with Crippen LogP contribution in [0.5, 0.6) is 0 Å². The molecule has 1 atom stereocenters. The number of hydrogen-bond acceptors (Lipinski definition) is 5. The van der Waals surface area contributed by atoms with E-state index < -0.39 is 21.5 Å². The molecular formula is C9H16N2O4S. The highest BCUT2D eigenvalue weighted by molar-refractivity contribution is 7.91. The fourth-order valence-corrected chi connectivity index (χ4v) is 4.23. The molecule has 2 fully saturated rings. The lowest BCUT2D eigenvalue weighted by Gasteiger charge is -2.37. The van der Waals surface area contributed by atoms with E-state index >= 15 is 0 Å². The van der Waals surface area contributed by atoms with Crippen molar-refractivity contribution in [3.8, 4) is 0 Å². The highest BCUT2D eigenvalue weighted by Gasteiger charge is 2.48. The van der Waals surface area contributed by atoms with Crippen molar-refractivity contribution in [1.82, 2.24) is 4.90 Å². The minimum absolute atomic E-state index is 0.0256. The van der Waals surface area contributed by atoms with Gasteiger partial charge in [-0.3, -0.25) is 0 Å². The van der Waals surface area contributed by atoms with Crippen LogP contribution in [0.15, 0.2) is 0 Å². The van der Waals surface area contributed by atoms with Crippen LogP contribution >= 0.6 is 0 Å². The first-order valence-corrected chi connectivity index (χ1v) is 7.17. The Balaban J connectivity index is 2.05. The minimum atomic E-state index is -3.03. The number of rotatable bonds is 2. The Morgan fingerprint density at radius 2 is 2.19 bits per heavy atom. The summed E-state index contributed by atoms with van der Waals surface area (Å²) >= 11 is 0. The first-order valence-electron chi connectivity index (χ1n) is 5.35. The second kappa shape index (κ2) is 3.89. The van der Waals surface area contributed by atoms with Gasteiger partial charge in [0.15, 0.2) is 9.84 Å². The molecule has 2 aliphatic heterocycles. The van der Waals surface area contributed by atoms with E-state index in [2.05, 4.69) is 0 Å². The van der Waals surface area contributed by atoms with Gasteiger partial charge in [-0.15, -0.1) is 0 Å². The van der Waals surface area contributed by atoms with E-state index in [0.29, 0.717) is 32.5 Å². The second-order valence-electron chi connectivity index (χ2n) is 4.42. The lowest BCUT2D eigenvalue weighted by Crippen LogP contribution is -2.51. The minimum Gasteiger partial charge on any atom is -0.442 e. The van der Waals surface area contributed by atoms with Crippen LogP contribution in [0.1, 0.15) is 12.8 Å². The van der Waals surface area contributed by atoms with Crippen LogP contribution in [-0.4, -0.2) is 56.2 Å². The molecule has 2 heterocycles. The number of carbonyl (C=O) groups is 1. The van der Waals surface area contributed by atoms with Crippen LogP contribution < -0.4 is 5.73 Å². The van der Waals surface area contributed by atoms with Gasteiger partial charge >= 0.3 is 6.09 Å². The lowest BCUT2D eigenvalue weighted by molar-refractivity contribution is -0.0314. The Morgan fingerprint density at radius 1 is 1.44 bits per heavy atom. The summed E-state index contributed by atoms with van der Waals surface area (Å²) < 4.78 is 28.1. The van der Waals surface area contributed by atoms with Crippen LogP contribution in [0, 0.1) is 0 Å². The summed E-state index contributed by atoms with van der Waals surface area (Å²) in [6, 6.07) is 0. The van der Waals surface area contributed by atoms with E-state index in [1.54, 1.807) is 0 Å². The zero-order valence-electron chi connectivity index (χ0n) is 9.02. The highest BCUT2D eigenvalue weighted by atomic mass is 32.2. The van der Waals surface area contributed by atoms with Crippen LogP contribution in [0.25, 0.3) is 0 Å². The van der Waals surface area contributed by atoms with Crippen LogP contribution in [0.4, 0.5) is 4.79 Å². The molecule has 2 N–H and O–H groups in total. The summed E-state index contributed by atoms with van der Waals surface area (Å²) in [5.41, 5.74) is 4.60. The molecule has 0 aromatic carbocycles. The second-order valence-corrected chi connectivity index (χ2v) is 6.60. The van der Waals surface area contributed by atoms with Gasteiger partial charge in [0.05, 0.1) is 11.5 Å². The predicted molar refractivity (Wildman–Crippen MR) is 57.7 cm³/mol. The quantitative estimate of drug-likeness (QED) is 0.701. The summed E-state index contributed by atoms with van der Waals surface area (Å²) in [7, 11) is -3.03. The summed E-state index contributed by atoms with van der Waals surface area (Å²) in [5, 5.41) is 0. The predicted octanol–water partition coefficient (Wildman–Crippen LogP) is -0.655. The third-order valence-electron chi connectivity index (χ3n) is 3.15. The number of carbonyl (C=O) groups excluding carboxylic acids is 1. The van der Waals surface area contributed by atoms with E-state index in [4.69, 9.17) is 10.5 Å². The SMILES string of the molecule is NCCN1CCC2(CCS(=O)(=O)C2)OC1=O. The molecule has 1 amide bonds. The zero-order chi connectivity index (χ0) is 11.8. The molecule has 0 saturated carbocycles. The first kappa shape index (κ1) is 11.7. The van der Waals surface area contributed by atoms with Gasteiger partial charge in [-0.2, -0.15) is 0 Å². The average molecular weight is 248 g/mol. The van der Waals surface area contributed by atoms with Gasteiger partial charge in [-0.25, -0.2) is 13.2 Å². The third kappa shape index (κ3) is 2.15. The molecule has 0 radical (unpaired) electrons. The van der Waals surface area contributed by atoms with Crippen molar-refractivity contribution in [2.45, 2.75) is 18.4 Å². The molecule has 6 nitrogen and oxygen atoms in total. The van der Waals surface area contributed by atoms with Crippen molar-refractivity contribution >= 4 is 15.9 Å². The van der Waals surface area contributed by atoms with E-state index in [0.717, 1.165) is 0 Å². The molecule has 1 unspecified atom stereocenters. The summed E-state index contributed by atoms with van der Waals surface area (Å²) in [4.78, 5) is 13.1. The van der Waals surface area contributed by atoms with Crippen molar-refractivity contribution in [2.24, 2.45) is 5.73 Å². The summed E-state index contributed by atoms with van der Waals surface area (Å²) in [6.45, 7) is 1.38. The van der Waals surface area contributed by atoms with Crippen molar-refractivity contribution in [3.63, 3.8) is 0 Å².